The van der Waals surface area contributed by atoms with Crippen LogP contribution < -0.4 is 5.32 Å². The van der Waals surface area contributed by atoms with Crippen molar-refractivity contribution >= 4 is 33.8 Å². The molecule has 0 fully saturated rings. The number of hydrogen-bond donors (Lipinski definition) is 1. The SMILES string of the molecule is C=C1c2ccccc2C(=O)N1CC(=O)Nc1sc2c(c1C#N)CCCC2. The number of carbonyl (C=O) groups excluding carboxylic acids is 2. The standard InChI is InChI=1S/C20H17N3O2S/c1-12-13-6-2-3-8-15(13)20(25)23(12)11-18(24)22-19-16(10-21)14-7-4-5-9-17(14)26-19/h2-3,6,8H,1,4-5,7,9,11H2,(H,22,24). The van der Waals surface area contributed by atoms with Crippen LogP contribution in [0.25, 0.3) is 5.70 Å². The van der Waals surface area contributed by atoms with Crippen molar-refractivity contribution in [3.05, 3.63) is 58.0 Å². The minimum Gasteiger partial charge on any atom is -0.315 e. The molecule has 1 aliphatic heterocycles. The Bertz CT molecular complexity index is 948. The number of fused-ring (bicyclic) bond motifs is 2. The molecule has 2 aliphatic rings. The van der Waals surface area contributed by atoms with Crippen LogP contribution in [0.5, 0.6) is 0 Å². The van der Waals surface area contributed by atoms with Crippen molar-refractivity contribution in [1.29, 1.82) is 5.26 Å². The maximum atomic E-state index is 12.5. The normalized spacial score (nSPS) is 15.4. The van der Waals surface area contributed by atoms with Gasteiger partial charge < -0.3 is 5.32 Å². The highest BCUT2D eigenvalue weighted by Crippen LogP contribution is 2.38. The lowest BCUT2D eigenvalue weighted by Gasteiger charge is -2.16. The predicted molar refractivity (Wildman–Crippen MR) is 101 cm³/mol. The van der Waals surface area contributed by atoms with Crippen molar-refractivity contribution < 1.29 is 9.59 Å². The molecule has 0 spiro atoms. The summed E-state index contributed by atoms with van der Waals surface area (Å²) in [7, 11) is 0. The topological polar surface area (TPSA) is 73.2 Å². The van der Waals surface area contributed by atoms with Gasteiger partial charge in [-0.1, -0.05) is 24.8 Å². The van der Waals surface area contributed by atoms with Gasteiger partial charge >= 0.3 is 0 Å². The number of thiophene rings is 1. The number of rotatable bonds is 3. The molecule has 4 rings (SSSR count). The summed E-state index contributed by atoms with van der Waals surface area (Å²) in [6, 6.07) is 9.44. The van der Waals surface area contributed by atoms with Crippen LogP contribution in [0.3, 0.4) is 0 Å². The molecule has 0 atom stereocenters. The van der Waals surface area contributed by atoms with E-state index in [1.807, 2.05) is 12.1 Å². The lowest BCUT2D eigenvalue weighted by Crippen LogP contribution is -2.32. The van der Waals surface area contributed by atoms with Gasteiger partial charge in [-0.25, -0.2) is 0 Å². The van der Waals surface area contributed by atoms with Crippen molar-refractivity contribution in [2.45, 2.75) is 25.7 Å². The zero-order valence-corrected chi connectivity index (χ0v) is 15.0. The number of carbonyl (C=O) groups is 2. The van der Waals surface area contributed by atoms with Gasteiger partial charge in [0.25, 0.3) is 5.91 Å². The summed E-state index contributed by atoms with van der Waals surface area (Å²) in [5.41, 5.74) is 3.51. The molecule has 6 heteroatoms. The Kier molecular flexibility index (Phi) is 4.09. The van der Waals surface area contributed by atoms with Crippen molar-refractivity contribution in [2.24, 2.45) is 0 Å². The molecular weight excluding hydrogens is 346 g/mol. The van der Waals surface area contributed by atoms with E-state index in [0.29, 0.717) is 21.8 Å². The molecule has 0 saturated heterocycles. The lowest BCUT2D eigenvalue weighted by atomic mass is 9.96. The summed E-state index contributed by atoms with van der Waals surface area (Å²) in [5.74, 6) is -0.533. The van der Waals surface area contributed by atoms with Crippen molar-refractivity contribution in [2.75, 3.05) is 11.9 Å². The molecule has 0 saturated carbocycles. The zero-order chi connectivity index (χ0) is 18.3. The summed E-state index contributed by atoms with van der Waals surface area (Å²) in [5, 5.41) is 12.9. The van der Waals surface area contributed by atoms with Crippen molar-refractivity contribution in [1.82, 2.24) is 4.90 Å². The van der Waals surface area contributed by atoms with Crippen LogP contribution in [-0.2, 0) is 17.6 Å². The Labute approximate surface area is 155 Å². The number of nitrogens with one attached hydrogen (secondary N) is 1. The van der Waals surface area contributed by atoms with E-state index in [2.05, 4.69) is 18.0 Å². The summed E-state index contributed by atoms with van der Waals surface area (Å²) >= 11 is 1.48. The third-order valence-electron chi connectivity index (χ3n) is 4.88. The second kappa shape index (κ2) is 6.43. The quantitative estimate of drug-likeness (QED) is 0.906. The number of nitrogens with zero attached hydrogens (tertiary/aromatic N) is 2. The minimum absolute atomic E-state index is 0.111. The molecule has 2 heterocycles. The van der Waals surface area contributed by atoms with E-state index in [9.17, 15) is 14.9 Å². The molecule has 0 radical (unpaired) electrons. The first-order valence-corrected chi connectivity index (χ1v) is 9.36. The van der Waals surface area contributed by atoms with E-state index in [0.717, 1.165) is 36.8 Å². The molecule has 2 aromatic rings. The smallest absolute Gasteiger partial charge is 0.259 e. The van der Waals surface area contributed by atoms with Crippen LogP contribution in [0.15, 0.2) is 30.8 Å². The van der Waals surface area contributed by atoms with Crippen LogP contribution in [0.4, 0.5) is 5.00 Å². The molecule has 0 unspecified atom stereocenters. The van der Waals surface area contributed by atoms with Gasteiger partial charge in [-0.3, -0.25) is 14.5 Å². The molecule has 1 aromatic carbocycles. The maximum absolute atomic E-state index is 12.5. The molecule has 0 bridgehead atoms. The molecule has 1 aliphatic carbocycles. The van der Waals surface area contributed by atoms with Crippen LogP contribution in [0, 0.1) is 11.3 Å². The minimum atomic E-state index is -0.317. The van der Waals surface area contributed by atoms with Gasteiger partial charge in [0.15, 0.2) is 0 Å². The fourth-order valence-corrected chi connectivity index (χ4v) is 4.84. The number of aryl methyl sites for hydroxylation is 1. The summed E-state index contributed by atoms with van der Waals surface area (Å²) in [6.07, 6.45) is 4.04. The van der Waals surface area contributed by atoms with Gasteiger partial charge in [0.1, 0.15) is 17.6 Å². The van der Waals surface area contributed by atoms with E-state index in [1.165, 1.54) is 21.1 Å². The largest absolute Gasteiger partial charge is 0.315 e. The van der Waals surface area contributed by atoms with Crippen LogP contribution in [0.1, 0.15) is 44.8 Å². The highest BCUT2D eigenvalue weighted by molar-refractivity contribution is 7.16. The average Bonchev–Trinajstić information content (AvgIpc) is 3.12. The number of amides is 2. The zero-order valence-electron chi connectivity index (χ0n) is 14.2. The molecule has 130 valence electrons. The maximum Gasteiger partial charge on any atom is 0.259 e. The van der Waals surface area contributed by atoms with E-state index < -0.39 is 0 Å². The van der Waals surface area contributed by atoms with Gasteiger partial charge in [0, 0.05) is 21.7 Å². The predicted octanol–water partition coefficient (Wildman–Crippen LogP) is 3.56. The number of anilines is 1. The van der Waals surface area contributed by atoms with E-state index >= 15 is 0 Å². The Morgan fingerprint density at radius 2 is 2.00 bits per heavy atom. The van der Waals surface area contributed by atoms with Gasteiger partial charge in [-0.05, 0) is 37.3 Å². The fraction of sp³-hybridized carbons (Fsp3) is 0.250. The number of nitriles is 1. The summed E-state index contributed by atoms with van der Waals surface area (Å²) in [4.78, 5) is 27.6. The van der Waals surface area contributed by atoms with Gasteiger partial charge in [-0.2, -0.15) is 5.26 Å². The van der Waals surface area contributed by atoms with Crippen LogP contribution in [-0.4, -0.2) is 23.3 Å². The first-order chi connectivity index (χ1) is 12.6. The Balaban J connectivity index is 1.52. The molecule has 26 heavy (non-hydrogen) atoms. The van der Waals surface area contributed by atoms with Crippen molar-refractivity contribution in [3.63, 3.8) is 0 Å². The molecule has 5 nitrogen and oxygen atoms in total. The molecule has 1 N–H and O–H groups in total. The highest BCUT2D eigenvalue weighted by atomic mass is 32.1. The third-order valence-corrected chi connectivity index (χ3v) is 6.08. The number of hydrogen-bond acceptors (Lipinski definition) is 4. The van der Waals surface area contributed by atoms with Gasteiger partial charge in [0.2, 0.25) is 5.91 Å². The van der Waals surface area contributed by atoms with Crippen LogP contribution in [0.2, 0.25) is 0 Å². The van der Waals surface area contributed by atoms with Gasteiger partial charge in [0.05, 0.1) is 5.56 Å². The lowest BCUT2D eigenvalue weighted by molar-refractivity contribution is -0.116. The van der Waals surface area contributed by atoms with Crippen LogP contribution >= 0.6 is 11.3 Å². The second-order valence-corrected chi connectivity index (χ2v) is 7.56. The summed E-state index contributed by atoms with van der Waals surface area (Å²) < 4.78 is 0. The molecular formula is C20H17N3O2S. The van der Waals surface area contributed by atoms with E-state index in [4.69, 9.17) is 0 Å². The monoisotopic (exact) mass is 363 g/mol. The number of benzene rings is 1. The van der Waals surface area contributed by atoms with Crippen molar-refractivity contribution in [3.8, 4) is 6.07 Å². The van der Waals surface area contributed by atoms with E-state index in [1.54, 1.807) is 12.1 Å². The third kappa shape index (κ3) is 2.61. The first kappa shape index (κ1) is 16.6. The Hall–Kier alpha value is -2.91. The average molecular weight is 363 g/mol. The molecule has 2 amide bonds. The fourth-order valence-electron chi connectivity index (χ4n) is 3.58. The highest BCUT2D eigenvalue weighted by Gasteiger charge is 2.32. The Morgan fingerprint density at radius 3 is 2.73 bits per heavy atom. The summed E-state index contributed by atoms with van der Waals surface area (Å²) in [6.45, 7) is 3.84. The molecule has 1 aromatic heterocycles. The first-order valence-electron chi connectivity index (χ1n) is 8.55. The second-order valence-electron chi connectivity index (χ2n) is 6.46. The van der Waals surface area contributed by atoms with E-state index in [-0.39, 0.29) is 18.4 Å². The Morgan fingerprint density at radius 1 is 1.27 bits per heavy atom. The van der Waals surface area contributed by atoms with Gasteiger partial charge in [-0.15, -0.1) is 11.3 Å².